The summed E-state index contributed by atoms with van der Waals surface area (Å²) in [5.74, 6) is -0.0153. The third-order valence-corrected chi connectivity index (χ3v) is 4.78. The lowest BCUT2D eigenvalue weighted by molar-refractivity contribution is 0.549. The largest absolute Gasteiger partial charge is 0.326 e. The summed E-state index contributed by atoms with van der Waals surface area (Å²) in [5, 5.41) is 0.145. The fourth-order valence-electron chi connectivity index (χ4n) is 1.46. The Bertz CT molecular complexity index is 538. The van der Waals surface area contributed by atoms with Gasteiger partial charge in [-0.3, -0.25) is 0 Å². The van der Waals surface area contributed by atoms with Crippen LogP contribution in [0.15, 0.2) is 17.0 Å². The van der Waals surface area contributed by atoms with Crippen molar-refractivity contribution >= 4 is 33.4 Å². The summed E-state index contributed by atoms with van der Waals surface area (Å²) in [6, 6.07) is 2.41. The zero-order valence-electron chi connectivity index (χ0n) is 10.4. The summed E-state index contributed by atoms with van der Waals surface area (Å²) in [6.07, 6.45) is 2.60. The van der Waals surface area contributed by atoms with E-state index < -0.39 is 20.7 Å². The third-order valence-electron chi connectivity index (χ3n) is 2.41. The maximum atomic E-state index is 14.0. The van der Waals surface area contributed by atoms with Gasteiger partial charge >= 0.3 is 0 Å². The molecule has 0 saturated heterocycles. The molecule has 108 valence electrons. The first-order valence-electron chi connectivity index (χ1n) is 5.59. The van der Waals surface area contributed by atoms with Crippen molar-refractivity contribution in [2.45, 2.75) is 17.9 Å². The molecule has 1 aromatic carbocycles. The molecule has 0 atom stereocenters. The molecule has 0 aliphatic heterocycles. The summed E-state index contributed by atoms with van der Waals surface area (Å²) >= 11 is 7.39. The number of nitrogens with two attached hydrogens (primary N) is 1. The zero-order chi connectivity index (χ0) is 14.5. The second-order valence-corrected chi connectivity index (χ2v) is 6.98. The number of thioether (sulfide) groups is 1. The number of hydrogen-bond acceptors (Lipinski definition) is 4. The Morgan fingerprint density at radius 2 is 2.16 bits per heavy atom. The SMILES string of the molecule is CSCCCNS(=O)(=O)c1cc(Cl)cc(CN)c1F. The van der Waals surface area contributed by atoms with Crippen LogP contribution in [0.3, 0.4) is 0 Å². The predicted molar refractivity (Wildman–Crippen MR) is 77.5 cm³/mol. The van der Waals surface area contributed by atoms with Crippen LogP contribution < -0.4 is 10.5 Å². The highest BCUT2D eigenvalue weighted by Gasteiger charge is 2.21. The van der Waals surface area contributed by atoms with E-state index in [-0.39, 0.29) is 23.7 Å². The predicted octanol–water partition coefficient (Wildman–Crippen LogP) is 1.97. The highest BCUT2D eigenvalue weighted by atomic mass is 35.5. The monoisotopic (exact) mass is 326 g/mol. The van der Waals surface area contributed by atoms with Gasteiger partial charge in [0.05, 0.1) is 0 Å². The minimum Gasteiger partial charge on any atom is -0.326 e. The molecule has 0 saturated carbocycles. The van der Waals surface area contributed by atoms with Gasteiger partial charge in [-0.05, 0) is 30.6 Å². The second-order valence-electron chi connectivity index (χ2n) is 3.83. The Morgan fingerprint density at radius 3 is 2.74 bits per heavy atom. The van der Waals surface area contributed by atoms with E-state index in [2.05, 4.69) is 4.72 Å². The molecule has 4 nitrogen and oxygen atoms in total. The van der Waals surface area contributed by atoms with Crippen molar-refractivity contribution in [3.63, 3.8) is 0 Å². The van der Waals surface area contributed by atoms with Crippen LogP contribution in [0.25, 0.3) is 0 Å². The number of hydrogen-bond donors (Lipinski definition) is 2. The Labute approximate surface area is 121 Å². The van der Waals surface area contributed by atoms with E-state index in [1.54, 1.807) is 11.8 Å². The summed E-state index contributed by atoms with van der Waals surface area (Å²) in [6.45, 7) is 0.147. The minimum absolute atomic E-state index is 0.0805. The molecule has 0 radical (unpaired) electrons. The number of benzene rings is 1. The van der Waals surface area contributed by atoms with E-state index in [4.69, 9.17) is 17.3 Å². The molecule has 1 rings (SSSR count). The maximum absolute atomic E-state index is 14.0. The summed E-state index contributed by atoms with van der Waals surface area (Å²) in [4.78, 5) is -0.454. The molecule has 0 aromatic heterocycles. The zero-order valence-corrected chi connectivity index (χ0v) is 12.8. The van der Waals surface area contributed by atoms with E-state index in [0.717, 1.165) is 11.8 Å². The topological polar surface area (TPSA) is 72.2 Å². The van der Waals surface area contributed by atoms with E-state index in [1.165, 1.54) is 6.07 Å². The highest BCUT2D eigenvalue weighted by molar-refractivity contribution is 7.98. The molecule has 0 unspecified atom stereocenters. The van der Waals surface area contributed by atoms with Crippen LogP contribution >= 0.6 is 23.4 Å². The molecule has 19 heavy (non-hydrogen) atoms. The second kappa shape index (κ2) is 7.44. The Balaban J connectivity index is 2.98. The van der Waals surface area contributed by atoms with E-state index >= 15 is 0 Å². The van der Waals surface area contributed by atoms with Crippen LogP contribution in [0.4, 0.5) is 4.39 Å². The molecule has 0 aliphatic carbocycles. The average molecular weight is 327 g/mol. The van der Waals surface area contributed by atoms with Crippen molar-refractivity contribution in [3.05, 3.63) is 28.5 Å². The lowest BCUT2D eigenvalue weighted by Crippen LogP contribution is -2.26. The van der Waals surface area contributed by atoms with Gasteiger partial charge in [-0.1, -0.05) is 11.6 Å². The summed E-state index contributed by atoms with van der Waals surface area (Å²) < 4.78 is 40.3. The molecule has 0 heterocycles. The van der Waals surface area contributed by atoms with Crippen molar-refractivity contribution in [1.82, 2.24) is 4.72 Å². The summed E-state index contributed by atoms with van der Waals surface area (Å²) in [7, 11) is -3.90. The van der Waals surface area contributed by atoms with Gasteiger partial charge in [-0.15, -0.1) is 0 Å². The van der Waals surface area contributed by atoms with Gasteiger partial charge < -0.3 is 5.73 Å². The van der Waals surface area contributed by atoms with Gasteiger partial charge in [0.25, 0.3) is 0 Å². The van der Waals surface area contributed by atoms with E-state index in [0.29, 0.717) is 6.42 Å². The molecular weight excluding hydrogens is 311 g/mol. The van der Waals surface area contributed by atoms with Gasteiger partial charge in [-0.2, -0.15) is 11.8 Å². The van der Waals surface area contributed by atoms with Crippen LogP contribution in [0, 0.1) is 5.82 Å². The van der Waals surface area contributed by atoms with Crippen molar-refractivity contribution in [1.29, 1.82) is 0 Å². The normalized spacial score (nSPS) is 11.8. The van der Waals surface area contributed by atoms with Gasteiger partial charge in [-0.25, -0.2) is 17.5 Å². The first-order valence-corrected chi connectivity index (χ1v) is 8.84. The maximum Gasteiger partial charge on any atom is 0.243 e. The van der Waals surface area contributed by atoms with Gasteiger partial charge in [0, 0.05) is 23.7 Å². The standard InChI is InChI=1S/C11H16ClFN2O2S2/c1-18-4-2-3-15-19(16,17)10-6-9(12)5-8(7-14)11(10)13/h5-6,15H,2-4,7,14H2,1H3. The number of sulfonamides is 1. The molecule has 0 fully saturated rings. The Morgan fingerprint density at radius 1 is 1.47 bits per heavy atom. The number of nitrogens with one attached hydrogen (secondary N) is 1. The molecule has 0 bridgehead atoms. The van der Waals surface area contributed by atoms with Crippen molar-refractivity contribution in [2.75, 3.05) is 18.6 Å². The van der Waals surface area contributed by atoms with Crippen LogP contribution in [0.5, 0.6) is 0 Å². The van der Waals surface area contributed by atoms with Crippen LogP contribution in [-0.4, -0.2) is 27.0 Å². The number of halogens is 2. The minimum atomic E-state index is -3.90. The molecule has 0 spiro atoms. The third kappa shape index (κ3) is 4.61. The first-order chi connectivity index (χ1) is 8.92. The fourth-order valence-corrected chi connectivity index (χ4v) is 3.42. The Kier molecular flexibility index (Phi) is 6.55. The lowest BCUT2D eigenvalue weighted by Gasteiger charge is -2.10. The van der Waals surface area contributed by atoms with Gasteiger partial charge in [0.15, 0.2) is 0 Å². The van der Waals surface area contributed by atoms with Crippen LogP contribution in [0.2, 0.25) is 5.02 Å². The first kappa shape index (κ1) is 16.7. The average Bonchev–Trinajstić information content (AvgIpc) is 2.37. The van der Waals surface area contributed by atoms with Crippen molar-refractivity contribution in [3.8, 4) is 0 Å². The highest BCUT2D eigenvalue weighted by Crippen LogP contribution is 2.23. The summed E-state index contributed by atoms with van der Waals surface area (Å²) in [5.41, 5.74) is 5.44. The molecular formula is C11H16ClFN2O2S2. The van der Waals surface area contributed by atoms with Crippen LogP contribution in [0.1, 0.15) is 12.0 Å². The molecule has 1 aromatic rings. The fraction of sp³-hybridized carbons (Fsp3) is 0.455. The van der Waals surface area contributed by atoms with Crippen LogP contribution in [-0.2, 0) is 16.6 Å². The van der Waals surface area contributed by atoms with Gasteiger partial charge in [0.1, 0.15) is 10.7 Å². The Hall–Kier alpha value is -0.340. The molecule has 3 N–H and O–H groups in total. The lowest BCUT2D eigenvalue weighted by atomic mass is 10.2. The van der Waals surface area contributed by atoms with E-state index in [1.807, 2.05) is 6.26 Å². The van der Waals surface area contributed by atoms with E-state index in [9.17, 15) is 12.8 Å². The number of rotatable bonds is 7. The van der Waals surface area contributed by atoms with Gasteiger partial charge in [0.2, 0.25) is 10.0 Å². The smallest absolute Gasteiger partial charge is 0.243 e. The molecule has 0 amide bonds. The quantitative estimate of drug-likeness (QED) is 0.751. The van der Waals surface area contributed by atoms with Crippen molar-refractivity contribution < 1.29 is 12.8 Å². The molecule has 8 heteroatoms. The molecule has 0 aliphatic rings. The van der Waals surface area contributed by atoms with Crippen molar-refractivity contribution in [2.24, 2.45) is 5.73 Å².